The number of ether oxygens (including phenoxy) is 1. The van der Waals surface area contributed by atoms with Gasteiger partial charge in [0.25, 0.3) is 11.5 Å². The molecule has 0 radical (unpaired) electrons. The number of halogens is 5. The van der Waals surface area contributed by atoms with Gasteiger partial charge in [0.1, 0.15) is 28.7 Å². The van der Waals surface area contributed by atoms with E-state index in [1.807, 2.05) is 7.05 Å². The Balaban J connectivity index is 1.11. The summed E-state index contributed by atoms with van der Waals surface area (Å²) in [6.45, 7) is 3.24. The number of aromatic nitrogens is 5. The molecule has 0 bridgehead atoms. The molecule has 6 aromatic rings. The third kappa shape index (κ3) is 8.22. The molecule has 306 valence electrons. The van der Waals surface area contributed by atoms with Gasteiger partial charge in [-0.15, -0.1) is 0 Å². The van der Waals surface area contributed by atoms with E-state index in [-0.39, 0.29) is 34.2 Å². The molecule has 1 aliphatic heterocycles. The van der Waals surface area contributed by atoms with Gasteiger partial charge in [-0.1, -0.05) is 18.2 Å². The van der Waals surface area contributed by atoms with Crippen molar-refractivity contribution in [3.8, 4) is 22.6 Å². The van der Waals surface area contributed by atoms with E-state index in [1.165, 1.54) is 45.6 Å². The number of hydrogen-bond acceptors (Lipinski definition) is 9. The fraction of sp³-hybridized carbons (Fsp3) is 0.317. The van der Waals surface area contributed by atoms with E-state index in [1.54, 1.807) is 30.3 Å². The zero-order valence-electron chi connectivity index (χ0n) is 31.6. The van der Waals surface area contributed by atoms with Crippen LogP contribution in [0.15, 0.2) is 88.8 Å². The number of imidazole rings is 1. The van der Waals surface area contributed by atoms with Crippen LogP contribution < -0.4 is 21.3 Å². The summed E-state index contributed by atoms with van der Waals surface area (Å²) in [7, 11) is 1.99. The largest absolute Gasteiger partial charge is 0.491 e. The first kappa shape index (κ1) is 39.6. The molecule has 1 amide bonds. The van der Waals surface area contributed by atoms with Gasteiger partial charge in [0.15, 0.2) is 5.65 Å². The Labute approximate surface area is 332 Å². The second-order valence-electron chi connectivity index (χ2n) is 14.9. The zero-order chi connectivity index (χ0) is 41.6. The molecule has 4 aromatic heterocycles. The molecule has 0 atom stereocenters. The molecule has 5 heterocycles. The Hall–Kier alpha value is -6.27. The van der Waals surface area contributed by atoms with Crippen molar-refractivity contribution in [1.29, 1.82) is 0 Å². The summed E-state index contributed by atoms with van der Waals surface area (Å²) in [5, 5.41) is 2.82. The van der Waals surface area contributed by atoms with Crippen LogP contribution in [0.4, 0.5) is 22.0 Å². The van der Waals surface area contributed by atoms with Gasteiger partial charge in [-0.3, -0.25) is 19.1 Å². The van der Waals surface area contributed by atoms with Crippen LogP contribution in [0.1, 0.15) is 47.8 Å². The summed E-state index contributed by atoms with van der Waals surface area (Å²) in [5.41, 5.74) is 1.02. The van der Waals surface area contributed by atoms with Crippen LogP contribution in [-0.2, 0) is 11.3 Å². The van der Waals surface area contributed by atoms with E-state index in [9.17, 15) is 41.1 Å². The SMILES string of the molecule is CN1CCN(Cc2cc(OC(=O)C(F)(F)F)ccc2-c2cccc(-n3c(=O)n(C4CCC(NC(=O)c5cn6cc(F)ccc6n5)CC4)c(=O)c4cc(F)cnc43)c2)CC1. The quantitative estimate of drug-likeness (QED) is 0.124. The molecule has 8 rings (SSSR count). The highest BCUT2D eigenvalue weighted by Crippen LogP contribution is 2.32. The third-order valence-electron chi connectivity index (χ3n) is 10.9. The van der Waals surface area contributed by atoms with Gasteiger partial charge in [0.05, 0.1) is 17.3 Å². The Kier molecular flexibility index (Phi) is 10.6. The molecule has 1 saturated carbocycles. The van der Waals surface area contributed by atoms with Gasteiger partial charge < -0.3 is 19.4 Å². The van der Waals surface area contributed by atoms with E-state index in [4.69, 9.17) is 0 Å². The van der Waals surface area contributed by atoms with Crippen LogP contribution in [-0.4, -0.2) is 90.6 Å². The molecule has 0 unspecified atom stereocenters. The summed E-state index contributed by atoms with van der Waals surface area (Å²) in [6.07, 6.45) is -0.176. The molecule has 1 saturated heterocycles. The smallest absolute Gasteiger partial charge is 0.420 e. The Morgan fingerprint density at radius 1 is 0.898 bits per heavy atom. The molecule has 59 heavy (non-hydrogen) atoms. The summed E-state index contributed by atoms with van der Waals surface area (Å²) < 4.78 is 76.1. The van der Waals surface area contributed by atoms with Crippen LogP contribution in [0, 0.1) is 11.6 Å². The number of pyridine rings is 2. The lowest BCUT2D eigenvalue weighted by molar-refractivity contribution is -0.189. The van der Waals surface area contributed by atoms with Crippen LogP contribution in [0.5, 0.6) is 5.75 Å². The second-order valence-corrected chi connectivity index (χ2v) is 14.9. The summed E-state index contributed by atoms with van der Waals surface area (Å²) >= 11 is 0. The standard InChI is InChI=1S/C41H37F5N8O5/c1-50-13-15-51(16-14-50)21-25-18-31(59-39(57)41(44,45)46)10-11-32(25)24-3-2-4-30(17-24)53-36-33(19-27(43)20-47-36)38(56)54(40(53)58)29-8-6-28(7-9-29)48-37(55)34-23-52-22-26(42)5-12-35(52)49-34/h2-5,10-12,17-20,22-23,28-29H,6-9,13-16,21H2,1H3,(H,48,55). The molecule has 2 fully saturated rings. The monoisotopic (exact) mass is 816 g/mol. The predicted molar refractivity (Wildman–Crippen MR) is 205 cm³/mol. The number of esters is 1. The molecular weight excluding hydrogens is 779 g/mol. The van der Waals surface area contributed by atoms with Gasteiger partial charge in [-0.2, -0.15) is 13.2 Å². The fourth-order valence-electron chi connectivity index (χ4n) is 7.82. The van der Waals surface area contributed by atoms with Gasteiger partial charge in [-0.05, 0) is 91.9 Å². The van der Waals surface area contributed by atoms with Crippen molar-refractivity contribution in [3.63, 3.8) is 0 Å². The van der Waals surface area contributed by atoms with Gasteiger partial charge >= 0.3 is 17.8 Å². The van der Waals surface area contributed by atoms with Crippen molar-refractivity contribution in [2.45, 2.75) is 50.5 Å². The first-order valence-electron chi connectivity index (χ1n) is 18.9. The first-order valence-corrected chi connectivity index (χ1v) is 18.9. The Morgan fingerprint density at radius 3 is 2.41 bits per heavy atom. The number of rotatable bonds is 8. The van der Waals surface area contributed by atoms with Crippen molar-refractivity contribution in [3.05, 3.63) is 123 Å². The minimum absolute atomic E-state index is 0.0739. The summed E-state index contributed by atoms with van der Waals surface area (Å²) in [5.74, 6) is -4.33. The lowest BCUT2D eigenvalue weighted by Gasteiger charge is -2.33. The number of hydrogen-bond donors (Lipinski definition) is 1. The Bertz CT molecular complexity index is 2710. The highest BCUT2D eigenvalue weighted by Gasteiger charge is 2.41. The van der Waals surface area contributed by atoms with E-state index in [0.717, 1.165) is 29.9 Å². The number of nitrogens with one attached hydrogen (secondary N) is 1. The Morgan fingerprint density at radius 2 is 1.66 bits per heavy atom. The highest BCUT2D eigenvalue weighted by molar-refractivity contribution is 5.93. The van der Waals surface area contributed by atoms with Crippen LogP contribution in [0.25, 0.3) is 33.5 Å². The van der Waals surface area contributed by atoms with Crippen molar-refractivity contribution in [2.24, 2.45) is 0 Å². The number of nitrogens with zero attached hydrogens (tertiary/aromatic N) is 7. The van der Waals surface area contributed by atoms with Gasteiger partial charge in [0, 0.05) is 57.2 Å². The predicted octanol–water partition coefficient (Wildman–Crippen LogP) is 5.27. The van der Waals surface area contributed by atoms with Crippen LogP contribution in [0.2, 0.25) is 0 Å². The minimum atomic E-state index is -5.19. The molecule has 2 aliphatic rings. The lowest BCUT2D eigenvalue weighted by atomic mass is 9.90. The van der Waals surface area contributed by atoms with Crippen molar-refractivity contribution in [2.75, 3.05) is 33.2 Å². The number of fused-ring (bicyclic) bond motifs is 2. The molecule has 18 heteroatoms. The minimum Gasteiger partial charge on any atom is -0.420 e. The average molecular weight is 817 g/mol. The normalized spacial score (nSPS) is 18.0. The zero-order valence-corrected chi connectivity index (χ0v) is 31.6. The van der Waals surface area contributed by atoms with E-state index < -0.39 is 47.0 Å². The number of piperazine rings is 1. The number of alkyl halides is 3. The number of carbonyl (C=O) groups excluding carboxylic acids is 2. The first-order chi connectivity index (χ1) is 28.2. The second kappa shape index (κ2) is 15.8. The van der Waals surface area contributed by atoms with Crippen LogP contribution >= 0.6 is 0 Å². The maximum atomic E-state index is 14.7. The highest BCUT2D eigenvalue weighted by atomic mass is 19.4. The van der Waals surface area contributed by atoms with Crippen molar-refractivity contribution < 1.29 is 36.3 Å². The van der Waals surface area contributed by atoms with Crippen LogP contribution in [0.3, 0.4) is 0 Å². The fourth-order valence-corrected chi connectivity index (χ4v) is 7.82. The molecule has 0 spiro atoms. The van der Waals surface area contributed by atoms with Gasteiger partial charge in [-0.25, -0.2) is 32.9 Å². The van der Waals surface area contributed by atoms with Gasteiger partial charge in [0.2, 0.25) is 0 Å². The van der Waals surface area contributed by atoms with E-state index >= 15 is 0 Å². The average Bonchev–Trinajstić information content (AvgIpc) is 3.63. The molecule has 1 N–H and O–H groups in total. The van der Waals surface area contributed by atoms with Crippen molar-refractivity contribution >= 4 is 28.6 Å². The maximum Gasteiger partial charge on any atom is 0.491 e. The number of likely N-dealkylation sites (N-methyl/N-ethyl adjacent to an activating group) is 1. The molecule has 13 nitrogen and oxygen atoms in total. The van der Waals surface area contributed by atoms with E-state index in [0.29, 0.717) is 67.7 Å². The summed E-state index contributed by atoms with van der Waals surface area (Å²) in [4.78, 5) is 66.0. The number of carbonyl (C=O) groups is 2. The van der Waals surface area contributed by atoms with E-state index in [2.05, 4.69) is 29.8 Å². The topological polar surface area (TPSA) is 136 Å². The molecule has 1 aliphatic carbocycles. The lowest BCUT2D eigenvalue weighted by Crippen LogP contribution is -2.45. The summed E-state index contributed by atoms with van der Waals surface area (Å²) in [6, 6.07) is 13.8. The van der Waals surface area contributed by atoms with Crippen molar-refractivity contribution in [1.82, 2.24) is 38.6 Å². The molecule has 2 aromatic carbocycles. The molecular formula is C41H37F5N8O5. The number of amides is 1. The maximum absolute atomic E-state index is 14.7. The number of benzene rings is 2. The third-order valence-corrected chi connectivity index (χ3v) is 10.9.